The van der Waals surface area contributed by atoms with Crippen molar-refractivity contribution in [1.29, 1.82) is 0 Å². The van der Waals surface area contributed by atoms with Crippen LogP contribution in [0.25, 0.3) is 0 Å². The second kappa shape index (κ2) is 6.17. The Bertz CT molecular complexity index is 529. The van der Waals surface area contributed by atoms with Gasteiger partial charge in [0.1, 0.15) is 11.2 Å². The molecule has 0 spiro atoms. The lowest BCUT2D eigenvalue weighted by molar-refractivity contribution is -0.169. The van der Waals surface area contributed by atoms with Crippen molar-refractivity contribution in [2.24, 2.45) is 5.92 Å². The first-order valence-electron chi connectivity index (χ1n) is 7.36. The number of rotatable bonds is 0. The Morgan fingerprint density at radius 3 is 1.70 bits per heavy atom. The summed E-state index contributed by atoms with van der Waals surface area (Å²) >= 11 is 0. The van der Waals surface area contributed by atoms with E-state index in [9.17, 15) is 19.2 Å². The second-order valence-electron chi connectivity index (χ2n) is 7.42. The summed E-state index contributed by atoms with van der Waals surface area (Å²) in [5, 5.41) is 0.845. The Balaban J connectivity index is 3.15. The Hall–Kier alpha value is -2.12. The van der Waals surface area contributed by atoms with E-state index in [0.717, 1.165) is 0 Å². The van der Waals surface area contributed by atoms with Gasteiger partial charge in [0, 0.05) is 12.3 Å². The molecule has 0 bridgehead atoms. The number of hydrogen-bond donors (Lipinski definition) is 0. The zero-order valence-electron chi connectivity index (χ0n) is 14.6. The van der Waals surface area contributed by atoms with Crippen molar-refractivity contribution in [3.05, 3.63) is 0 Å². The van der Waals surface area contributed by atoms with Crippen molar-refractivity contribution in [3.8, 4) is 0 Å². The van der Waals surface area contributed by atoms with Crippen molar-refractivity contribution < 1.29 is 28.7 Å². The van der Waals surface area contributed by atoms with E-state index in [4.69, 9.17) is 9.47 Å². The fourth-order valence-electron chi connectivity index (χ4n) is 1.82. The first-order valence-corrected chi connectivity index (χ1v) is 7.36. The Morgan fingerprint density at radius 2 is 1.30 bits per heavy atom. The van der Waals surface area contributed by atoms with Gasteiger partial charge in [0.15, 0.2) is 0 Å². The van der Waals surface area contributed by atoms with Crippen molar-refractivity contribution in [1.82, 2.24) is 10.0 Å². The van der Waals surface area contributed by atoms with E-state index >= 15 is 0 Å². The van der Waals surface area contributed by atoms with E-state index in [1.165, 1.54) is 6.92 Å². The summed E-state index contributed by atoms with van der Waals surface area (Å²) in [6.07, 6.45) is -2.36. The van der Waals surface area contributed by atoms with Crippen LogP contribution >= 0.6 is 0 Å². The van der Waals surface area contributed by atoms with Gasteiger partial charge in [0.05, 0.1) is 0 Å². The highest BCUT2D eigenvalue weighted by Crippen LogP contribution is 2.24. The quantitative estimate of drug-likeness (QED) is 0.678. The number of hydrogen-bond acceptors (Lipinski definition) is 6. The smallest absolute Gasteiger partial charge is 0.437 e. The van der Waals surface area contributed by atoms with Gasteiger partial charge in [-0.2, -0.15) is 0 Å². The topological polar surface area (TPSA) is 93.2 Å². The number of ether oxygens (including phenoxy) is 2. The molecule has 1 unspecified atom stereocenters. The van der Waals surface area contributed by atoms with Crippen molar-refractivity contribution in [3.63, 3.8) is 0 Å². The first kappa shape index (κ1) is 18.9. The van der Waals surface area contributed by atoms with Crippen LogP contribution in [0.3, 0.4) is 0 Å². The van der Waals surface area contributed by atoms with E-state index in [0.29, 0.717) is 10.0 Å². The van der Waals surface area contributed by atoms with Crippen molar-refractivity contribution in [2.45, 2.75) is 66.1 Å². The van der Waals surface area contributed by atoms with Crippen LogP contribution in [0.5, 0.6) is 0 Å². The van der Waals surface area contributed by atoms with Crippen LogP contribution in [-0.2, 0) is 19.1 Å². The summed E-state index contributed by atoms with van der Waals surface area (Å²) < 4.78 is 10.2. The molecule has 1 atom stereocenters. The average Bonchev–Trinajstić information content (AvgIpc) is 2.28. The van der Waals surface area contributed by atoms with Gasteiger partial charge in [0.25, 0.3) is 11.8 Å². The van der Waals surface area contributed by atoms with Gasteiger partial charge in [-0.1, -0.05) is 6.92 Å². The molecule has 130 valence electrons. The molecule has 0 aliphatic carbocycles. The fraction of sp³-hybridized carbons (Fsp3) is 0.733. The van der Waals surface area contributed by atoms with E-state index in [1.54, 1.807) is 41.5 Å². The lowest BCUT2D eigenvalue weighted by atomic mass is 10.0. The molecule has 8 nitrogen and oxygen atoms in total. The van der Waals surface area contributed by atoms with Crippen LogP contribution in [-0.4, -0.2) is 45.2 Å². The van der Waals surface area contributed by atoms with Gasteiger partial charge in [-0.3, -0.25) is 9.59 Å². The fourth-order valence-corrected chi connectivity index (χ4v) is 1.82. The third-order valence-corrected chi connectivity index (χ3v) is 2.68. The molecule has 1 aliphatic rings. The summed E-state index contributed by atoms with van der Waals surface area (Å²) in [7, 11) is 0. The van der Waals surface area contributed by atoms with Gasteiger partial charge < -0.3 is 9.47 Å². The van der Waals surface area contributed by atoms with Crippen LogP contribution in [0.1, 0.15) is 54.9 Å². The summed E-state index contributed by atoms with van der Waals surface area (Å²) in [4.78, 5) is 49.0. The van der Waals surface area contributed by atoms with Crippen LogP contribution in [0.15, 0.2) is 0 Å². The van der Waals surface area contributed by atoms with E-state index in [2.05, 4.69) is 0 Å². The number of hydrazine groups is 1. The van der Waals surface area contributed by atoms with Gasteiger partial charge in [-0.05, 0) is 41.5 Å². The molecule has 0 radical (unpaired) electrons. The molecule has 1 aliphatic heterocycles. The molecule has 8 heteroatoms. The minimum absolute atomic E-state index is 0.183. The molecule has 1 heterocycles. The molecule has 23 heavy (non-hydrogen) atoms. The molecular formula is C15H24N2O6. The number of amides is 4. The average molecular weight is 328 g/mol. The Kier molecular flexibility index (Phi) is 5.08. The highest BCUT2D eigenvalue weighted by Gasteiger charge is 2.47. The maximum atomic E-state index is 12.3. The van der Waals surface area contributed by atoms with E-state index in [-0.39, 0.29) is 6.42 Å². The monoisotopic (exact) mass is 328 g/mol. The first-order chi connectivity index (χ1) is 10.2. The highest BCUT2D eigenvalue weighted by molar-refractivity contribution is 6.05. The minimum Gasteiger partial charge on any atom is -0.442 e. The summed E-state index contributed by atoms with van der Waals surface area (Å²) in [6.45, 7) is 11.2. The highest BCUT2D eigenvalue weighted by atomic mass is 16.6. The third-order valence-electron chi connectivity index (χ3n) is 2.68. The molecule has 4 amide bonds. The van der Waals surface area contributed by atoms with Crippen LogP contribution in [0, 0.1) is 5.92 Å². The zero-order valence-corrected chi connectivity index (χ0v) is 14.6. The second-order valence-corrected chi connectivity index (χ2v) is 7.42. The van der Waals surface area contributed by atoms with Crippen LogP contribution in [0.2, 0.25) is 0 Å². The number of imide groups is 2. The van der Waals surface area contributed by atoms with Crippen LogP contribution < -0.4 is 0 Å². The zero-order chi connectivity index (χ0) is 18.2. The largest absolute Gasteiger partial charge is 0.442 e. The molecular weight excluding hydrogens is 304 g/mol. The normalized spacial score (nSPS) is 19.7. The summed E-state index contributed by atoms with van der Waals surface area (Å²) in [5.74, 6) is -2.12. The van der Waals surface area contributed by atoms with Gasteiger partial charge in [-0.25, -0.2) is 9.59 Å². The van der Waals surface area contributed by atoms with E-state index in [1.807, 2.05) is 0 Å². The van der Waals surface area contributed by atoms with Crippen LogP contribution in [0.4, 0.5) is 9.59 Å². The molecule has 1 rings (SSSR count). The maximum Gasteiger partial charge on any atom is 0.437 e. The number of carbonyl (C=O) groups excluding carboxylic acids is 4. The lowest BCUT2D eigenvalue weighted by Crippen LogP contribution is -2.62. The summed E-state index contributed by atoms with van der Waals surface area (Å²) in [5.41, 5.74) is -1.77. The van der Waals surface area contributed by atoms with Gasteiger partial charge >= 0.3 is 12.2 Å². The Morgan fingerprint density at radius 1 is 0.913 bits per heavy atom. The molecule has 1 saturated heterocycles. The molecule has 0 saturated carbocycles. The van der Waals surface area contributed by atoms with Crippen molar-refractivity contribution >= 4 is 24.0 Å². The maximum absolute atomic E-state index is 12.3. The van der Waals surface area contributed by atoms with E-state index < -0.39 is 41.1 Å². The predicted octanol–water partition coefficient (Wildman–Crippen LogP) is 2.47. The molecule has 0 aromatic heterocycles. The Labute approximate surface area is 135 Å². The molecule has 0 aromatic rings. The standard InChI is InChI=1S/C15H24N2O6/c1-9-8-10(18)16(12(20)22-14(2,3)4)17(11(9)19)13(21)23-15(5,6)7/h9H,8H2,1-7H3. The predicted molar refractivity (Wildman–Crippen MR) is 79.9 cm³/mol. The molecule has 0 aromatic carbocycles. The van der Waals surface area contributed by atoms with Gasteiger partial charge in [0.2, 0.25) is 0 Å². The third kappa shape index (κ3) is 4.94. The lowest BCUT2D eigenvalue weighted by Gasteiger charge is -2.38. The van der Waals surface area contributed by atoms with Gasteiger partial charge in [-0.15, -0.1) is 10.0 Å². The minimum atomic E-state index is -1.09. The van der Waals surface area contributed by atoms with Crippen molar-refractivity contribution in [2.75, 3.05) is 0 Å². The molecule has 0 N–H and O–H groups in total. The number of carbonyl (C=O) groups is 4. The summed E-state index contributed by atoms with van der Waals surface area (Å²) in [6, 6.07) is 0. The molecule has 1 fully saturated rings. The number of nitrogens with zero attached hydrogens (tertiary/aromatic N) is 2. The SMILES string of the molecule is CC1CC(=O)N(C(=O)OC(C)(C)C)N(C(=O)OC(C)(C)C)C1=O.